The van der Waals surface area contributed by atoms with Gasteiger partial charge in [-0.25, -0.2) is 4.79 Å². The average molecular weight is 282 g/mol. The smallest absolute Gasteiger partial charge is 0.327 e. The number of carbonyl (C=O) groups excluding carboxylic acids is 1. The molecule has 2 N–H and O–H groups in total. The number of aliphatic carboxylic acids is 1. The molecule has 0 radical (unpaired) electrons. The third kappa shape index (κ3) is 4.33. The van der Waals surface area contributed by atoms with Crippen LogP contribution in [0.1, 0.15) is 24.6 Å². The zero-order valence-electron chi connectivity index (χ0n) is 10.8. The Morgan fingerprint density at radius 3 is 2.79 bits per heavy atom. The van der Waals surface area contributed by atoms with E-state index in [-0.39, 0.29) is 5.91 Å². The van der Waals surface area contributed by atoms with Crippen molar-refractivity contribution < 1.29 is 14.7 Å². The molecular weight excluding hydrogens is 264 g/mol. The molecule has 1 fully saturated rings. The third-order valence-electron chi connectivity index (χ3n) is 3.09. The summed E-state index contributed by atoms with van der Waals surface area (Å²) >= 11 is 1.67. The number of carbonyl (C=O) groups is 2. The van der Waals surface area contributed by atoms with Gasteiger partial charge >= 0.3 is 5.97 Å². The van der Waals surface area contributed by atoms with E-state index in [0.717, 1.165) is 19.4 Å². The van der Waals surface area contributed by atoms with Gasteiger partial charge in [-0.15, -0.1) is 11.3 Å². The van der Waals surface area contributed by atoms with Crippen LogP contribution in [0.15, 0.2) is 17.5 Å². The standard InChI is InChI=1S/C13H18N2O3S/c1-9(16)14-12(13(17)18)8-15(10-4-5-10)7-11-3-2-6-19-11/h2-3,6,10,12H,4-5,7-8H2,1H3,(H,14,16)(H,17,18). The largest absolute Gasteiger partial charge is 0.480 e. The Morgan fingerprint density at radius 1 is 1.58 bits per heavy atom. The molecule has 1 aromatic heterocycles. The molecule has 1 amide bonds. The minimum Gasteiger partial charge on any atom is -0.480 e. The maximum absolute atomic E-state index is 11.2. The van der Waals surface area contributed by atoms with Crippen molar-refractivity contribution in [3.63, 3.8) is 0 Å². The highest BCUT2D eigenvalue weighted by atomic mass is 32.1. The molecule has 1 aliphatic rings. The van der Waals surface area contributed by atoms with Gasteiger partial charge in [-0.05, 0) is 24.3 Å². The molecule has 1 saturated carbocycles. The van der Waals surface area contributed by atoms with Crippen LogP contribution in [0.3, 0.4) is 0 Å². The second-order valence-corrected chi connectivity index (χ2v) is 5.86. The zero-order valence-corrected chi connectivity index (χ0v) is 11.7. The maximum Gasteiger partial charge on any atom is 0.327 e. The third-order valence-corrected chi connectivity index (χ3v) is 3.96. The van der Waals surface area contributed by atoms with E-state index in [2.05, 4.69) is 10.2 Å². The van der Waals surface area contributed by atoms with Crippen LogP contribution >= 0.6 is 11.3 Å². The van der Waals surface area contributed by atoms with E-state index < -0.39 is 12.0 Å². The quantitative estimate of drug-likeness (QED) is 0.791. The first-order valence-electron chi connectivity index (χ1n) is 6.32. The molecule has 0 saturated heterocycles. The molecule has 1 heterocycles. The molecule has 2 rings (SSSR count). The first-order valence-corrected chi connectivity index (χ1v) is 7.20. The van der Waals surface area contributed by atoms with Crippen LogP contribution in [0.4, 0.5) is 0 Å². The van der Waals surface area contributed by atoms with Crippen LogP contribution in [0.25, 0.3) is 0 Å². The van der Waals surface area contributed by atoms with Gasteiger partial charge in [-0.3, -0.25) is 9.69 Å². The highest BCUT2D eigenvalue weighted by molar-refractivity contribution is 7.09. The Labute approximate surface area is 116 Å². The lowest BCUT2D eigenvalue weighted by atomic mass is 10.2. The summed E-state index contributed by atoms with van der Waals surface area (Å²) in [6.07, 6.45) is 2.22. The fourth-order valence-electron chi connectivity index (χ4n) is 2.05. The first kappa shape index (κ1) is 14.0. The molecular formula is C13H18N2O3S. The maximum atomic E-state index is 11.2. The SMILES string of the molecule is CC(=O)NC(CN(Cc1cccs1)C1CC1)C(=O)O. The van der Waals surface area contributed by atoms with Crippen molar-refractivity contribution in [2.24, 2.45) is 0 Å². The number of nitrogens with zero attached hydrogens (tertiary/aromatic N) is 1. The molecule has 19 heavy (non-hydrogen) atoms. The van der Waals surface area contributed by atoms with E-state index in [9.17, 15) is 9.59 Å². The van der Waals surface area contributed by atoms with Crippen LogP contribution in [0.5, 0.6) is 0 Å². The molecule has 1 aromatic rings. The summed E-state index contributed by atoms with van der Waals surface area (Å²) in [7, 11) is 0. The van der Waals surface area contributed by atoms with E-state index in [1.165, 1.54) is 11.8 Å². The van der Waals surface area contributed by atoms with Gasteiger partial charge in [0.15, 0.2) is 0 Å². The van der Waals surface area contributed by atoms with E-state index >= 15 is 0 Å². The fourth-order valence-corrected chi connectivity index (χ4v) is 2.78. The van der Waals surface area contributed by atoms with Crippen molar-refractivity contribution in [3.8, 4) is 0 Å². The minimum absolute atomic E-state index is 0.306. The van der Waals surface area contributed by atoms with Gasteiger partial charge in [0.1, 0.15) is 6.04 Å². The summed E-state index contributed by atoms with van der Waals surface area (Å²) in [4.78, 5) is 25.6. The highest BCUT2D eigenvalue weighted by Gasteiger charge is 2.32. The topological polar surface area (TPSA) is 69.6 Å². The van der Waals surface area contributed by atoms with Crippen molar-refractivity contribution in [2.45, 2.75) is 38.4 Å². The minimum atomic E-state index is -0.980. The van der Waals surface area contributed by atoms with Crippen molar-refractivity contribution in [3.05, 3.63) is 22.4 Å². The van der Waals surface area contributed by atoms with Gasteiger partial charge in [0.25, 0.3) is 0 Å². The van der Waals surface area contributed by atoms with Gasteiger partial charge in [0.2, 0.25) is 5.91 Å². The van der Waals surface area contributed by atoms with Gasteiger partial charge in [0, 0.05) is 30.9 Å². The normalized spacial score (nSPS) is 16.3. The number of thiophene rings is 1. The van der Waals surface area contributed by atoms with E-state index in [0.29, 0.717) is 12.6 Å². The van der Waals surface area contributed by atoms with Crippen LogP contribution < -0.4 is 5.32 Å². The number of amides is 1. The molecule has 1 unspecified atom stereocenters. The number of hydrogen-bond donors (Lipinski definition) is 2. The van der Waals surface area contributed by atoms with Gasteiger partial charge in [-0.2, -0.15) is 0 Å². The summed E-state index contributed by atoms with van der Waals surface area (Å²) in [6, 6.07) is 3.66. The van der Waals surface area contributed by atoms with Gasteiger partial charge < -0.3 is 10.4 Å². The Balaban J connectivity index is 1.98. The highest BCUT2D eigenvalue weighted by Crippen LogP contribution is 2.29. The van der Waals surface area contributed by atoms with Crippen molar-refractivity contribution >= 4 is 23.2 Å². The predicted molar refractivity (Wildman–Crippen MR) is 73.0 cm³/mol. The second kappa shape index (κ2) is 6.16. The zero-order chi connectivity index (χ0) is 13.8. The monoisotopic (exact) mass is 282 g/mol. The predicted octanol–water partition coefficient (Wildman–Crippen LogP) is 1.30. The van der Waals surface area contributed by atoms with Crippen LogP contribution in [-0.2, 0) is 16.1 Å². The fraction of sp³-hybridized carbons (Fsp3) is 0.538. The molecule has 0 spiro atoms. The molecule has 0 aliphatic heterocycles. The Kier molecular flexibility index (Phi) is 4.55. The number of carboxylic acid groups (broad SMARTS) is 1. The Bertz CT molecular complexity index is 443. The molecule has 1 atom stereocenters. The number of carboxylic acids is 1. The first-order chi connectivity index (χ1) is 9.06. The lowest BCUT2D eigenvalue weighted by molar-refractivity contribution is -0.142. The molecule has 1 aliphatic carbocycles. The lowest BCUT2D eigenvalue weighted by Crippen LogP contribution is -2.48. The summed E-state index contributed by atoms with van der Waals surface area (Å²) in [6.45, 7) is 2.46. The number of hydrogen-bond acceptors (Lipinski definition) is 4. The molecule has 6 heteroatoms. The summed E-state index contributed by atoms with van der Waals surface area (Å²) in [5.74, 6) is -1.29. The van der Waals surface area contributed by atoms with Gasteiger partial charge in [0.05, 0.1) is 0 Å². The summed E-state index contributed by atoms with van der Waals surface area (Å²) in [5.41, 5.74) is 0. The summed E-state index contributed by atoms with van der Waals surface area (Å²) < 4.78 is 0. The summed E-state index contributed by atoms with van der Waals surface area (Å²) in [5, 5.41) is 13.7. The Morgan fingerprint density at radius 2 is 2.32 bits per heavy atom. The molecule has 0 aromatic carbocycles. The van der Waals surface area contributed by atoms with Crippen LogP contribution in [-0.4, -0.2) is 40.5 Å². The van der Waals surface area contributed by atoms with Gasteiger partial charge in [-0.1, -0.05) is 6.07 Å². The number of nitrogens with one attached hydrogen (secondary N) is 1. The second-order valence-electron chi connectivity index (χ2n) is 4.83. The lowest BCUT2D eigenvalue weighted by Gasteiger charge is -2.25. The average Bonchev–Trinajstić information content (AvgIpc) is 3.05. The van der Waals surface area contributed by atoms with Crippen molar-refractivity contribution in [1.29, 1.82) is 0 Å². The van der Waals surface area contributed by atoms with Crippen LogP contribution in [0, 0.1) is 0 Å². The van der Waals surface area contributed by atoms with Crippen molar-refractivity contribution in [2.75, 3.05) is 6.54 Å². The van der Waals surface area contributed by atoms with Crippen LogP contribution in [0.2, 0.25) is 0 Å². The number of rotatable bonds is 7. The molecule has 0 bridgehead atoms. The van der Waals surface area contributed by atoms with Crippen molar-refractivity contribution in [1.82, 2.24) is 10.2 Å². The Hall–Kier alpha value is -1.40. The van der Waals surface area contributed by atoms with E-state index in [4.69, 9.17) is 5.11 Å². The molecule has 5 nitrogen and oxygen atoms in total. The van der Waals surface area contributed by atoms with E-state index in [1.54, 1.807) is 11.3 Å². The van der Waals surface area contributed by atoms with E-state index in [1.807, 2.05) is 17.5 Å². The molecule has 104 valence electrons.